The van der Waals surface area contributed by atoms with Crippen molar-refractivity contribution < 1.29 is 18.8 Å². The van der Waals surface area contributed by atoms with Crippen LogP contribution in [-0.2, 0) is 9.59 Å². The van der Waals surface area contributed by atoms with E-state index >= 15 is 0 Å². The number of carbonyl (C=O) groups excluding carboxylic acids is 3. The Labute approximate surface area is 160 Å². The lowest BCUT2D eigenvalue weighted by Gasteiger charge is -2.35. The molecule has 27 heavy (non-hydrogen) atoms. The van der Waals surface area contributed by atoms with Crippen molar-refractivity contribution >= 4 is 17.7 Å². The minimum atomic E-state index is -0.552. The number of likely N-dealkylation sites (tertiary alicyclic amines) is 1. The van der Waals surface area contributed by atoms with Crippen molar-refractivity contribution in [2.75, 3.05) is 19.6 Å². The molecule has 1 atom stereocenters. The van der Waals surface area contributed by atoms with Crippen LogP contribution in [0.3, 0.4) is 0 Å². The van der Waals surface area contributed by atoms with Gasteiger partial charge in [-0.05, 0) is 43.2 Å². The molecule has 1 saturated heterocycles. The van der Waals surface area contributed by atoms with Gasteiger partial charge in [-0.3, -0.25) is 14.4 Å². The maximum Gasteiger partial charge on any atom is 0.289 e. The molecule has 150 valence electrons. The van der Waals surface area contributed by atoms with Gasteiger partial charge in [0.05, 0.1) is 6.26 Å². The number of nitrogens with zero attached hydrogens (tertiary/aromatic N) is 1. The van der Waals surface area contributed by atoms with Gasteiger partial charge in [-0.1, -0.05) is 20.8 Å². The summed E-state index contributed by atoms with van der Waals surface area (Å²) in [5.41, 5.74) is 0. The third-order valence-electron chi connectivity index (χ3n) is 4.77. The Balaban J connectivity index is 1.98. The summed E-state index contributed by atoms with van der Waals surface area (Å²) in [7, 11) is 0. The zero-order chi connectivity index (χ0) is 19.8. The molecule has 0 aromatic carbocycles. The fourth-order valence-corrected chi connectivity index (χ4v) is 3.35. The van der Waals surface area contributed by atoms with Gasteiger partial charge in [-0.15, -0.1) is 0 Å². The molecule has 1 aromatic heterocycles. The topological polar surface area (TPSA) is 91.7 Å². The number of hydrogen-bond donors (Lipinski definition) is 2. The highest BCUT2D eigenvalue weighted by atomic mass is 16.3. The second-order valence-corrected chi connectivity index (χ2v) is 7.54. The van der Waals surface area contributed by atoms with Crippen LogP contribution < -0.4 is 10.6 Å². The van der Waals surface area contributed by atoms with Crippen LogP contribution >= 0.6 is 0 Å². The first-order valence-electron chi connectivity index (χ1n) is 9.82. The van der Waals surface area contributed by atoms with Crippen molar-refractivity contribution in [2.45, 2.75) is 52.5 Å². The molecule has 1 fully saturated rings. The largest absolute Gasteiger partial charge is 0.459 e. The van der Waals surface area contributed by atoms with Crippen molar-refractivity contribution in [1.82, 2.24) is 15.5 Å². The number of piperidine rings is 1. The monoisotopic (exact) mass is 377 g/mol. The molecule has 7 heteroatoms. The summed E-state index contributed by atoms with van der Waals surface area (Å²) in [6, 6.07) is 2.79. The van der Waals surface area contributed by atoms with Crippen LogP contribution in [0.15, 0.2) is 22.8 Å². The predicted octanol–water partition coefficient (Wildman–Crippen LogP) is 2.19. The van der Waals surface area contributed by atoms with Gasteiger partial charge >= 0.3 is 0 Å². The number of amides is 3. The number of nitrogens with one attached hydrogen (secondary N) is 2. The summed E-state index contributed by atoms with van der Waals surface area (Å²) < 4.78 is 5.18. The van der Waals surface area contributed by atoms with E-state index in [4.69, 9.17) is 4.42 Å². The summed E-state index contributed by atoms with van der Waals surface area (Å²) in [5.74, 6) is 0.210. The minimum absolute atomic E-state index is 0.0126. The van der Waals surface area contributed by atoms with E-state index < -0.39 is 6.04 Å². The van der Waals surface area contributed by atoms with Crippen molar-refractivity contribution in [3.05, 3.63) is 24.2 Å². The molecule has 0 saturated carbocycles. The molecular formula is C20H31N3O4. The molecule has 1 unspecified atom stereocenters. The summed E-state index contributed by atoms with van der Waals surface area (Å²) in [6.07, 6.45) is 4.05. The van der Waals surface area contributed by atoms with E-state index in [-0.39, 0.29) is 29.6 Å². The third kappa shape index (κ3) is 6.12. The van der Waals surface area contributed by atoms with E-state index in [1.165, 1.54) is 6.26 Å². The lowest BCUT2D eigenvalue weighted by molar-refractivity contribution is -0.131. The number of carbonyl (C=O) groups is 3. The smallest absolute Gasteiger partial charge is 0.289 e. The summed E-state index contributed by atoms with van der Waals surface area (Å²) in [6.45, 7) is 7.62. The van der Waals surface area contributed by atoms with Crippen LogP contribution in [0, 0.1) is 11.8 Å². The first kappa shape index (κ1) is 21.0. The number of furan rings is 1. The molecule has 2 rings (SSSR count). The first-order valence-corrected chi connectivity index (χ1v) is 9.82. The summed E-state index contributed by atoms with van der Waals surface area (Å²) in [5, 5.41) is 5.82. The minimum Gasteiger partial charge on any atom is -0.459 e. The van der Waals surface area contributed by atoms with Gasteiger partial charge in [-0.2, -0.15) is 0 Å². The predicted molar refractivity (Wildman–Crippen MR) is 102 cm³/mol. The van der Waals surface area contributed by atoms with E-state index in [0.717, 1.165) is 6.42 Å². The highest BCUT2D eigenvalue weighted by Gasteiger charge is 2.34. The SMILES string of the molecule is CCCNC(=O)C(NC(=O)CC(C)C)C1CCN(C(=O)c2ccco2)CC1. The van der Waals surface area contributed by atoms with E-state index in [9.17, 15) is 14.4 Å². The van der Waals surface area contributed by atoms with Gasteiger partial charge in [0.25, 0.3) is 5.91 Å². The molecule has 0 spiro atoms. The highest BCUT2D eigenvalue weighted by molar-refractivity contribution is 5.91. The highest BCUT2D eigenvalue weighted by Crippen LogP contribution is 2.23. The molecule has 0 aliphatic carbocycles. The van der Waals surface area contributed by atoms with Crippen molar-refractivity contribution in [3.8, 4) is 0 Å². The molecule has 2 heterocycles. The molecule has 2 N–H and O–H groups in total. The van der Waals surface area contributed by atoms with E-state index in [2.05, 4.69) is 10.6 Å². The van der Waals surface area contributed by atoms with E-state index in [0.29, 0.717) is 44.7 Å². The maximum atomic E-state index is 12.6. The molecule has 1 aliphatic heterocycles. The normalized spacial score (nSPS) is 16.2. The van der Waals surface area contributed by atoms with Crippen LogP contribution in [0.25, 0.3) is 0 Å². The Morgan fingerprint density at radius 3 is 2.52 bits per heavy atom. The Hall–Kier alpha value is -2.31. The molecule has 1 aromatic rings. The Kier molecular flexibility index (Phi) is 7.88. The summed E-state index contributed by atoms with van der Waals surface area (Å²) >= 11 is 0. The van der Waals surface area contributed by atoms with Gasteiger partial charge in [0.1, 0.15) is 6.04 Å². The van der Waals surface area contributed by atoms with Crippen LogP contribution in [0.1, 0.15) is 57.0 Å². The van der Waals surface area contributed by atoms with Gasteiger partial charge in [0, 0.05) is 26.1 Å². The van der Waals surface area contributed by atoms with E-state index in [1.807, 2.05) is 20.8 Å². The fraction of sp³-hybridized carbons (Fsp3) is 0.650. The van der Waals surface area contributed by atoms with Crippen LogP contribution in [0.4, 0.5) is 0 Å². The summed E-state index contributed by atoms with van der Waals surface area (Å²) in [4.78, 5) is 39.0. The molecular weight excluding hydrogens is 346 g/mol. The molecule has 3 amide bonds. The van der Waals surface area contributed by atoms with E-state index in [1.54, 1.807) is 17.0 Å². The second-order valence-electron chi connectivity index (χ2n) is 7.54. The van der Waals surface area contributed by atoms with Gasteiger partial charge in [0.2, 0.25) is 11.8 Å². The number of rotatable bonds is 8. The zero-order valence-electron chi connectivity index (χ0n) is 16.5. The Morgan fingerprint density at radius 2 is 1.96 bits per heavy atom. The molecule has 0 radical (unpaired) electrons. The Morgan fingerprint density at radius 1 is 1.26 bits per heavy atom. The second kappa shape index (κ2) is 10.1. The number of hydrogen-bond acceptors (Lipinski definition) is 4. The quantitative estimate of drug-likeness (QED) is 0.726. The van der Waals surface area contributed by atoms with Crippen LogP contribution in [0.2, 0.25) is 0 Å². The maximum absolute atomic E-state index is 12.6. The third-order valence-corrected chi connectivity index (χ3v) is 4.77. The van der Waals surface area contributed by atoms with Gasteiger partial charge in [0.15, 0.2) is 5.76 Å². The standard InChI is InChI=1S/C20H31N3O4/c1-4-9-21-19(25)18(22-17(24)13-14(2)3)15-7-10-23(11-8-15)20(26)16-6-5-12-27-16/h5-6,12,14-15,18H,4,7-11,13H2,1-3H3,(H,21,25)(H,22,24). The molecule has 7 nitrogen and oxygen atoms in total. The fourth-order valence-electron chi connectivity index (χ4n) is 3.35. The van der Waals surface area contributed by atoms with Gasteiger partial charge < -0.3 is 20.0 Å². The molecule has 1 aliphatic rings. The lowest BCUT2D eigenvalue weighted by atomic mass is 9.88. The molecule has 0 bridgehead atoms. The van der Waals surface area contributed by atoms with Crippen LogP contribution in [0.5, 0.6) is 0 Å². The van der Waals surface area contributed by atoms with Crippen molar-refractivity contribution in [3.63, 3.8) is 0 Å². The van der Waals surface area contributed by atoms with Crippen molar-refractivity contribution in [1.29, 1.82) is 0 Å². The first-order chi connectivity index (χ1) is 12.9. The van der Waals surface area contributed by atoms with Crippen LogP contribution in [-0.4, -0.2) is 48.3 Å². The average Bonchev–Trinajstić information content (AvgIpc) is 3.18. The van der Waals surface area contributed by atoms with Crippen molar-refractivity contribution in [2.24, 2.45) is 11.8 Å². The zero-order valence-corrected chi connectivity index (χ0v) is 16.5. The van der Waals surface area contributed by atoms with Gasteiger partial charge in [-0.25, -0.2) is 0 Å². The average molecular weight is 377 g/mol. The Bertz CT molecular complexity index is 619. The lowest BCUT2D eigenvalue weighted by Crippen LogP contribution is -2.54.